The lowest BCUT2D eigenvalue weighted by atomic mass is 10.2. The van der Waals surface area contributed by atoms with Crippen molar-refractivity contribution < 1.29 is 9.47 Å². The van der Waals surface area contributed by atoms with Crippen molar-refractivity contribution in [3.63, 3.8) is 0 Å². The van der Waals surface area contributed by atoms with Crippen LogP contribution in [-0.2, 0) is 0 Å². The summed E-state index contributed by atoms with van der Waals surface area (Å²) in [7, 11) is 0. The molecule has 0 saturated heterocycles. The Morgan fingerprint density at radius 2 is 1.86 bits per heavy atom. The fourth-order valence-electron chi connectivity index (χ4n) is 1.50. The van der Waals surface area contributed by atoms with Crippen molar-refractivity contribution in [2.45, 2.75) is 6.92 Å². The zero-order chi connectivity index (χ0) is 9.54. The maximum Gasteiger partial charge on any atom is 0.231 e. The summed E-state index contributed by atoms with van der Waals surface area (Å²) in [5.41, 5.74) is 2.57. The molecular formula is C10H8N2O2. The summed E-state index contributed by atoms with van der Waals surface area (Å²) in [4.78, 5) is 8.62. The lowest BCUT2D eigenvalue weighted by Crippen LogP contribution is -1.92. The van der Waals surface area contributed by atoms with Gasteiger partial charge in [-0.05, 0) is 6.92 Å². The van der Waals surface area contributed by atoms with E-state index in [9.17, 15) is 0 Å². The molecule has 0 radical (unpaired) electrons. The first kappa shape index (κ1) is 7.55. The molecule has 0 aliphatic carbocycles. The monoisotopic (exact) mass is 188 g/mol. The van der Waals surface area contributed by atoms with Crippen LogP contribution in [0.15, 0.2) is 18.3 Å². The average molecular weight is 188 g/mol. The molecule has 0 saturated carbocycles. The summed E-state index contributed by atoms with van der Waals surface area (Å²) in [5.74, 6) is 1.49. The van der Waals surface area contributed by atoms with Crippen molar-refractivity contribution in [2.24, 2.45) is 0 Å². The molecule has 1 aliphatic heterocycles. The number of nitrogens with zero attached hydrogens (tertiary/aromatic N) is 2. The first-order chi connectivity index (χ1) is 6.83. The molecule has 0 atom stereocenters. The second-order valence-corrected chi connectivity index (χ2v) is 3.21. The number of ether oxygens (including phenoxy) is 2. The Morgan fingerprint density at radius 1 is 1.14 bits per heavy atom. The predicted molar refractivity (Wildman–Crippen MR) is 50.4 cm³/mol. The third kappa shape index (κ3) is 1.00. The highest BCUT2D eigenvalue weighted by atomic mass is 16.7. The molecule has 4 nitrogen and oxygen atoms in total. The quantitative estimate of drug-likeness (QED) is 0.630. The van der Waals surface area contributed by atoms with Gasteiger partial charge >= 0.3 is 0 Å². The molecule has 0 bridgehead atoms. The summed E-state index contributed by atoms with van der Waals surface area (Å²) in [5, 5.41) is 0. The van der Waals surface area contributed by atoms with Crippen molar-refractivity contribution in [2.75, 3.05) is 6.79 Å². The molecule has 0 fully saturated rings. The van der Waals surface area contributed by atoms with E-state index in [-0.39, 0.29) is 6.79 Å². The third-order valence-corrected chi connectivity index (χ3v) is 2.16. The van der Waals surface area contributed by atoms with E-state index in [0.717, 1.165) is 28.2 Å². The normalized spacial score (nSPS) is 13.5. The van der Waals surface area contributed by atoms with Crippen LogP contribution in [-0.4, -0.2) is 16.8 Å². The second-order valence-electron chi connectivity index (χ2n) is 3.21. The number of aryl methyl sites for hydroxylation is 1. The van der Waals surface area contributed by atoms with Crippen LogP contribution in [0.5, 0.6) is 11.5 Å². The number of aromatic nitrogens is 2. The number of hydrogen-bond donors (Lipinski definition) is 0. The van der Waals surface area contributed by atoms with E-state index in [1.54, 1.807) is 6.20 Å². The van der Waals surface area contributed by atoms with Crippen LogP contribution in [0.1, 0.15) is 5.69 Å². The van der Waals surface area contributed by atoms with Gasteiger partial charge in [0.15, 0.2) is 11.5 Å². The minimum atomic E-state index is 0.282. The maximum absolute atomic E-state index is 5.26. The van der Waals surface area contributed by atoms with Gasteiger partial charge in [0, 0.05) is 18.3 Å². The van der Waals surface area contributed by atoms with Crippen molar-refractivity contribution in [3.8, 4) is 11.5 Å². The highest BCUT2D eigenvalue weighted by molar-refractivity contribution is 5.79. The minimum Gasteiger partial charge on any atom is -0.454 e. The van der Waals surface area contributed by atoms with Crippen molar-refractivity contribution in [1.29, 1.82) is 0 Å². The van der Waals surface area contributed by atoms with E-state index < -0.39 is 0 Å². The zero-order valence-corrected chi connectivity index (χ0v) is 7.65. The lowest BCUT2D eigenvalue weighted by Gasteiger charge is -1.99. The summed E-state index contributed by atoms with van der Waals surface area (Å²) < 4.78 is 10.5. The van der Waals surface area contributed by atoms with Gasteiger partial charge in [0.05, 0.1) is 16.7 Å². The van der Waals surface area contributed by atoms with Crippen molar-refractivity contribution in [1.82, 2.24) is 9.97 Å². The Hall–Kier alpha value is -1.84. The van der Waals surface area contributed by atoms with E-state index >= 15 is 0 Å². The van der Waals surface area contributed by atoms with Crippen LogP contribution in [0.25, 0.3) is 11.0 Å². The number of benzene rings is 1. The van der Waals surface area contributed by atoms with Crippen molar-refractivity contribution in [3.05, 3.63) is 24.0 Å². The first-order valence-corrected chi connectivity index (χ1v) is 4.36. The Kier molecular flexibility index (Phi) is 1.39. The van der Waals surface area contributed by atoms with Crippen LogP contribution in [0.4, 0.5) is 0 Å². The van der Waals surface area contributed by atoms with Gasteiger partial charge in [0.25, 0.3) is 0 Å². The van der Waals surface area contributed by atoms with Gasteiger partial charge in [-0.15, -0.1) is 0 Å². The molecule has 1 aromatic heterocycles. The summed E-state index contributed by atoms with van der Waals surface area (Å²) in [6.45, 7) is 2.20. The smallest absolute Gasteiger partial charge is 0.231 e. The van der Waals surface area contributed by atoms with E-state index in [1.807, 2.05) is 19.1 Å². The van der Waals surface area contributed by atoms with E-state index in [1.165, 1.54) is 0 Å². The Labute approximate surface area is 80.5 Å². The van der Waals surface area contributed by atoms with Gasteiger partial charge in [-0.2, -0.15) is 0 Å². The van der Waals surface area contributed by atoms with Crippen LogP contribution in [0, 0.1) is 6.92 Å². The molecule has 2 heterocycles. The number of fused-ring (bicyclic) bond motifs is 2. The number of hydrogen-bond acceptors (Lipinski definition) is 4. The summed E-state index contributed by atoms with van der Waals surface area (Å²) >= 11 is 0. The van der Waals surface area contributed by atoms with Gasteiger partial charge in [0.2, 0.25) is 6.79 Å². The average Bonchev–Trinajstić information content (AvgIpc) is 2.61. The summed E-state index contributed by atoms with van der Waals surface area (Å²) in [6.07, 6.45) is 1.74. The van der Waals surface area contributed by atoms with Crippen LogP contribution in [0.3, 0.4) is 0 Å². The third-order valence-electron chi connectivity index (χ3n) is 2.16. The predicted octanol–water partition coefficient (Wildman–Crippen LogP) is 1.67. The molecule has 0 amide bonds. The fourth-order valence-corrected chi connectivity index (χ4v) is 1.50. The molecule has 1 aliphatic rings. The van der Waals surface area contributed by atoms with Crippen LogP contribution in [0.2, 0.25) is 0 Å². The van der Waals surface area contributed by atoms with Gasteiger partial charge < -0.3 is 9.47 Å². The Morgan fingerprint density at radius 3 is 2.64 bits per heavy atom. The molecule has 14 heavy (non-hydrogen) atoms. The largest absolute Gasteiger partial charge is 0.454 e. The first-order valence-electron chi connectivity index (χ1n) is 4.36. The topological polar surface area (TPSA) is 44.2 Å². The molecule has 0 spiro atoms. The van der Waals surface area contributed by atoms with Gasteiger partial charge in [0.1, 0.15) is 0 Å². The standard InChI is InChI=1S/C10H8N2O2/c1-6-4-11-7-2-9-10(14-5-13-9)3-8(7)12-6/h2-4H,5H2,1H3. The SMILES string of the molecule is Cc1cnc2cc3c(cc2n1)OCO3. The molecule has 2 aromatic rings. The highest BCUT2D eigenvalue weighted by Gasteiger charge is 2.14. The van der Waals surface area contributed by atoms with Gasteiger partial charge in [-0.3, -0.25) is 4.98 Å². The molecule has 0 N–H and O–H groups in total. The van der Waals surface area contributed by atoms with Crippen LogP contribution < -0.4 is 9.47 Å². The van der Waals surface area contributed by atoms with E-state index in [0.29, 0.717) is 0 Å². The summed E-state index contributed by atoms with van der Waals surface area (Å²) in [6, 6.07) is 3.71. The zero-order valence-electron chi connectivity index (χ0n) is 7.65. The van der Waals surface area contributed by atoms with Crippen molar-refractivity contribution >= 4 is 11.0 Å². The molecular weight excluding hydrogens is 180 g/mol. The Bertz CT molecular complexity index is 511. The molecule has 4 heteroatoms. The molecule has 1 aromatic carbocycles. The Balaban J connectivity index is 2.33. The van der Waals surface area contributed by atoms with Crippen LogP contribution >= 0.6 is 0 Å². The van der Waals surface area contributed by atoms with Gasteiger partial charge in [-0.25, -0.2) is 4.98 Å². The minimum absolute atomic E-state index is 0.282. The lowest BCUT2D eigenvalue weighted by molar-refractivity contribution is 0.174. The second kappa shape index (κ2) is 2.57. The molecule has 70 valence electrons. The van der Waals surface area contributed by atoms with E-state index in [2.05, 4.69) is 9.97 Å². The highest BCUT2D eigenvalue weighted by Crippen LogP contribution is 2.34. The molecule has 0 unspecified atom stereocenters. The van der Waals surface area contributed by atoms with E-state index in [4.69, 9.17) is 9.47 Å². The number of rotatable bonds is 0. The van der Waals surface area contributed by atoms with Gasteiger partial charge in [-0.1, -0.05) is 0 Å². The molecule has 3 rings (SSSR count). The maximum atomic E-state index is 5.26. The fraction of sp³-hybridized carbons (Fsp3) is 0.200.